The second kappa shape index (κ2) is 9.99. The van der Waals surface area contributed by atoms with Gasteiger partial charge >= 0.3 is 5.97 Å². The molecule has 1 unspecified atom stereocenters. The number of carbonyl (C=O) groups is 3. The molecule has 126 valence electrons. The SMILES string of the molecule is CC(C)C[C@H](NC(=O)CNC(=O)CC1CSCCS1)C(=O)O. The van der Waals surface area contributed by atoms with Crippen LogP contribution in [-0.4, -0.2) is 58.0 Å². The van der Waals surface area contributed by atoms with Gasteiger partial charge in [-0.2, -0.15) is 23.5 Å². The van der Waals surface area contributed by atoms with E-state index in [9.17, 15) is 14.4 Å². The number of nitrogens with one attached hydrogen (secondary N) is 2. The molecule has 2 amide bonds. The molecule has 1 aliphatic rings. The minimum atomic E-state index is -1.05. The van der Waals surface area contributed by atoms with E-state index in [2.05, 4.69) is 10.6 Å². The number of carboxylic acid groups (broad SMARTS) is 1. The van der Waals surface area contributed by atoms with E-state index in [1.807, 2.05) is 25.6 Å². The van der Waals surface area contributed by atoms with Crippen LogP contribution in [0.1, 0.15) is 26.7 Å². The summed E-state index contributed by atoms with van der Waals surface area (Å²) >= 11 is 3.63. The van der Waals surface area contributed by atoms with Crippen molar-refractivity contribution in [1.82, 2.24) is 10.6 Å². The van der Waals surface area contributed by atoms with Crippen LogP contribution >= 0.6 is 23.5 Å². The number of rotatable bonds is 8. The highest BCUT2D eigenvalue weighted by Crippen LogP contribution is 2.25. The lowest BCUT2D eigenvalue weighted by atomic mass is 10.0. The lowest BCUT2D eigenvalue weighted by molar-refractivity contribution is -0.142. The molecule has 1 fully saturated rings. The summed E-state index contributed by atoms with van der Waals surface area (Å²) in [6.07, 6.45) is 0.768. The van der Waals surface area contributed by atoms with E-state index in [1.165, 1.54) is 0 Å². The quantitative estimate of drug-likeness (QED) is 0.605. The van der Waals surface area contributed by atoms with Crippen molar-refractivity contribution in [3.05, 3.63) is 0 Å². The molecule has 0 radical (unpaired) electrons. The zero-order valence-corrected chi connectivity index (χ0v) is 14.6. The van der Waals surface area contributed by atoms with Crippen molar-refractivity contribution in [2.75, 3.05) is 23.8 Å². The van der Waals surface area contributed by atoms with Gasteiger partial charge in [-0.3, -0.25) is 9.59 Å². The van der Waals surface area contributed by atoms with E-state index in [-0.39, 0.29) is 18.4 Å². The summed E-state index contributed by atoms with van der Waals surface area (Å²) in [6, 6.07) is -0.908. The Labute approximate surface area is 139 Å². The first-order valence-corrected chi connectivity index (χ1v) is 9.57. The molecule has 2 atom stereocenters. The Morgan fingerprint density at radius 2 is 1.95 bits per heavy atom. The largest absolute Gasteiger partial charge is 0.480 e. The summed E-state index contributed by atoms with van der Waals surface area (Å²) in [4.78, 5) is 34.6. The van der Waals surface area contributed by atoms with E-state index >= 15 is 0 Å². The summed E-state index contributed by atoms with van der Waals surface area (Å²) in [6.45, 7) is 3.61. The number of thioether (sulfide) groups is 2. The molecule has 6 nitrogen and oxygen atoms in total. The van der Waals surface area contributed by atoms with Crippen LogP contribution in [0.4, 0.5) is 0 Å². The van der Waals surface area contributed by atoms with E-state index in [0.29, 0.717) is 18.1 Å². The maximum Gasteiger partial charge on any atom is 0.326 e. The third-order valence-electron chi connectivity index (χ3n) is 3.08. The first kappa shape index (κ1) is 19.2. The molecule has 22 heavy (non-hydrogen) atoms. The number of amides is 2. The zero-order valence-electron chi connectivity index (χ0n) is 13.0. The van der Waals surface area contributed by atoms with Crippen LogP contribution in [0.5, 0.6) is 0 Å². The van der Waals surface area contributed by atoms with Gasteiger partial charge in [0, 0.05) is 28.9 Å². The van der Waals surface area contributed by atoms with E-state index in [1.54, 1.807) is 11.8 Å². The van der Waals surface area contributed by atoms with Crippen molar-refractivity contribution in [2.24, 2.45) is 5.92 Å². The van der Waals surface area contributed by atoms with Gasteiger partial charge in [0.2, 0.25) is 11.8 Å². The fourth-order valence-electron chi connectivity index (χ4n) is 2.05. The molecule has 1 heterocycles. The van der Waals surface area contributed by atoms with E-state index < -0.39 is 17.9 Å². The molecule has 1 saturated heterocycles. The molecule has 0 saturated carbocycles. The molecule has 1 aliphatic heterocycles. The van der Waals surface area contributed by atoms with Crippen LogP contribution in [0.3, 0.4) is 0 Å². The molecule has 8 heteroatoms. The van der Waals surface area contributed by atoms with Gasteiger partial charge < -0.3 is 15.7 Å². The fourth-order valence-corrected chi connectivity index (χ4v) is 4.73. The molecular weight excluding hydrogens is 324 g/mol. The third kappa shape index (κ3) is 7.93. The van der Waals surface area contributed by atoms with Crippen LogP contribution in [0, 0.1) is 5.92 Å². The van der Waals surface area contributed by atoms with E-state index in [0.717, 1.165) is 17.3 Å². The predicted octanol–water partition coefficient (Wildman–Crippen LogP) is 0.957. The molecule has 0 aromatic carbocycles. The van der Waals surface area contributed by atoms with Crippen molar-refractivity contribution in [3.8, 4) is 0 Å². The van der Waals surface area contributed by atoms with Gasteiger partial charge in [0.1, 0.15) is 6.04 Å². The lowest BCUT2D eigenvalue weighted by Gasteiger charge is -2.20. The maximum absolute atomic E-state index is 11.8. The van der Waals surface area contributed by atoms with Crippen molar-refractivity contribution >= 4 is 41.3 Å². The van der Waals surface area contributed by atoms with Crippen molar-refractivity contribution in [2.45, 2.75) is 38.0 Å². The minimum Gasteiger partial charge on any atom is -0.480 e. The summed E-state index contributed by atoms with van der Waals surface area (Å²) in [5, 5.41) is 14.4. The normalized spacial score (nSPS) is 19.5. The smallest absolute Gasteiger partial charge is 0.326 e. The Bertz CT molecular complexity index is 398. The van der Waals surface area contributed by atoms with Crippen molar-refractivity contribution in [3.63, 3.8) is 0 Å². The van der Waals surface area contributed by atoms with Crippen LogP contribution in [0.2, 0.25) is 0 Å². The second-order valence-electron chi connectivity index (χ2n) is 5.64. The van der Waals surface area contributed by atoms with Crippen molar-refractivity contribution < 1.29 is 19.5 Å². The highest BCUT2D eigenvalue weighted by Gasteiger charge is 2.22. The molecule has 3 N–H and O–H groups in total. The topological polar surface area (TPSA) is 95.5 Å². The summed E-state index contributed by atoms with van der Waals surface area (Å²) < 4.78 is 0. The Morgan fingerprint density at radius 3 is 2.50 bits per heavy atom. The van der Waals surface area contributed by atoms with Gasteiger partial charge in [0.25, 0.3) is 0 Å². The molecule has 0 bridgehead atoms. The summed E-state index contributed by atoms with van der Waals surface area (Å²) in [7, 11) is 0. The molecule has 0 aromatic rings. The van der Waals surface area contributed by atoms with Gasteiger partial charge in [0.15, 0.2) is 0 Å². The van der Waals surface area contributed by atoms with Crippen LogP contribution in [-0.2, 0) is 14.4 Å². The Balaban J connectivity index is 2.28. The Kier molecular flexibility index (Phi) is 8.70. The summed E-state index contributed by atoms with van der Waals surface area (Å²) in [5.41, 5.74) is 0. The predicted molar refractivity (Wildman–Crippen MR) is 90.2 cm³/mol. The maximum atomic E-state index is 11.8. The van der Waals surface area contributed by atoms with Gasteiger partial charge in [-0.15, -0.1) is 0 Å². The van der Waals surface area contributed by atoms with Gasteiger partial charge in [-0.05, 0) is 12.3 Å². The number of hydrogen-bond acceptors (Lipinski definition) is 5. The molecule has 0 spiro atoms. The highest BCUT2D eigenvalue weighted by atomic mass is 32.2. The summed E-state index contributed by atoms with van der Waals surface area (Å²) in [5.74, 6) is 1.62. The first-order valence-electron chi connectivity index (χ1n) is 7.36. The molecule has 0 aliphatic carbocycles. The number of aliphatic carboxylic acids is 1. The van der Waals surface area contributed by atoms with Gasteiger partial charge in [0.05, 0.1) is 6.54 Å². The molecular formula is C14H24N2O4S2. The van der Waals surface area contributed by atoms with Crippen molar-refractivity contribution in [1.29, 1.82) is 0 Å². The fraction of sp³-hybridized carbons (Fsp3) is 0.786. The average molecular weight is 348 g/mol. The van der Waals surface area contributed by atoms with Gasteiger partial charge in [-0.25, -0.2) is 4.79 Å². The monoisotopic (exact) mass is 348 g/mol. The Morgan fingerprint density at radius 1 is 1.23 bits per heavy atom. The van der Waals surface area contributed by atoms with E-state index in [4.69, 9.17) is 5.11 Å². The minimum absolute atomic E-state index is 0.161. The standard InChI is InChI=1S/C14H24N2O4S2/c1-9(2)5-11(14(19)20)16-13(18)7-15-12(17)6-10-8-21-3-4-22-10/h9-11H,3-8H2,1-2H3,(H,15,17)(H,16,18)(H,19,20)/t10?,11-/m0/s1. The van der Waals surface area contributed by atoms with Gasteiger partial charge in [-0.1, -0.05) is 13.8 Å². The second-order valence-corrected chi connectivity index (χ2v) is 8.19. The van der Waals surface area contributed by atoms with Crippen LogP contribution < -0.4 is 10.6 Å². The van der Waals surface area contributed by atoms with Crippen LogP contribution in [0.25, 0.3) is 0 Å². The number of hydrogen-bond donors (Lipinski definition) is 3. The highest BCUT2D eigenvalue weighted by molar-refractivity contribution is 8.06. The van der Waals surface area contributed by atoms with Crippen LogP contribution in [0.15, 0.2) is 0 Å². The Hall–Kier alpha value is -0.890. The molecule has 0 aromatic heterocycles. The number of carboxylic acids is 1. The average Bonchev–Trinajstić information content (AvgIpc) is 2.45. The first-order chi connectivity index (χ1) is 10.4. The molecule has 1 rings (SSSR count). The number of carbonyl (C=O) groups excluding carboxylic acids is 2. The zero-order chi connectivity index (χ0) is 16.5. The lowest BCUT2D eigenvalue weighted by Crippen LogP contribution is -2.46. The third-order valence-corrected chi connectivity index (χ3v) is 5.93.